The molecule has 0 unspecified atom stereocenters. The van der Waals surface area contributed by atoms with Crippen molar-refractivity contribution in [2.75, 3.05) is 6.54 Å². The highest BCUT2D eigenvalue weighted by atomic mass is 16.4. The lowest BCUT2D eigenvalue weighted by Crippen LogP contribution is -2.40. The Hall–Kier alpha value is -2.37. The number of carboxylic acids is 1. The Kier molecular flexibility index (Phi) is 20.1. The van der Waals surface area contributed by atoms with Gasteiger partial charge in [-0.05, 0) is 24.8 Å². The van der Waals surface area contributed by atoms with Gasteiger partial charge in [-0.2, -0.15) is 0 Å². The van der Waals surface area contributed by atoms with Crippen LogP contribution in [0, 0.1) is 0 Å². The summed E-state index contributed by atoms with van der Waals surface area (Å²) < 4.78 is 0. The minimum atomic E-state index is -0.797. The minimum absolute atomic E-state index is 0.0932. The van der Waals surface area contributed by atoms with Crippen molar-refractivity contribution in [3.63, 3.8) is 0 Å². The van der Waals surface area contributed by atoms with Crippen LogP contribution in [0.5, 0.6) is 0 Å². The highest BCUT2D eigenvalue weighted by Gasteiger charge is 2.22. The van der Waals surface area contributed by atoms with Gasteiger partial charge in [-0.1, -0.05) is 127 Å². The molecule has 0 aliphatic heterocycles. The molecule has 3 N–H and O–H groups in total. The van der Waals surface area contributed by atoms with Crippen LogP contribution in [0.15, 0.2) is 30.3 Å². The Bertz CT molecular complexity index is 723. The van der Waals surface area contributed by atoms with Crippen LogP contribution >= 0.6 is 0 Å². The van der Waals surface area contributed by atoms with Gasteiger partial charge in [0, 0.05) is 19.4 Å². The van der Waals surface area contributed by atoms with Crippen molar-refractivity contribution >= 4 is 17.8 Å². The van der Waals surface area contributed by atoms with Crippen molar-refractivity contribution in [2.24, 2.45) is 0 Å². The van der Waals surface area contributed by atoms with Crippen molar-refractivity contribution in [1.29, 1.82) is 0 Å². The van der Waals surface area contributed by atoms with Gasteiger partial charge in [-0.3, -0.25) is 14.4 Å². The molecular formula is C31H52N2O4. The first-order valence-electron chi connectivity index (χ1n) is 14.9. The molecule has 0 saturated carbocycles. The van der Waals surface area contributed by atoms with Crippen LogP contribution in [-0.2, 0) is 14.4 Å². The Labute approximate surface area is 225 Å². The molecule has 6 nitrogen and oxygen atoms in total. The molecule has 0 aliphatic carbocycles. The minimum Gasteiger partial charge on any atom is -0.481 e. The summed E-state index contributed by atoms with van der Waals surface area (Å²) in [6.07, 6.45) is 20.5. The lowest BCUT2D eigenvalue weighted by atomic mass is 10.0. The fourth-order valence-corrected chi connectivity index (χ4v) is 4.55. The van der Waals surface area contributed by atoms with E-state index in [1.165, 1.54) is 70.6 Å². The van der Waals surface area contributed by atoms with Crippen LogP contribution in [0.25, 0.3) is 0 Å². The number of carbonyl (C=O) groups is 3. The maximum Gasteiger partial charge on any atom is 0.303 e. The van der Waals surface area contributed by atoms with E-state index in [1.54, 1.807) is 0 Å². The molecule has 1 aromatic rings. The quantitative estimate of drug-likeness (QED) is 0.124. The monoisotopic (exact) mass is 516 g/mol. The normalized spacial score (nSPS) is 11.7. The molecule has 2 amide bonds. The third kappa shape index (κ3) is 18.5. The molecule has 0 spiro atoms. The largest absolute Gasteiger partial charge is 0.481 e. The van der Waals surface area contributed by atoms with Crippen molar-refractivity contribution in [2.45, 2.75) is 135 Å². The number of carboxylic acid groups (broad SMARTS) is 1. The SMILES string of the molecule is CCCCCCCCCCCCCCCCC(=O)N[C@@H](C(=O)NCCCCCC(=O)O)c1ccccc1. The standard InChI is InChI=1S/C31H52N2O4/c1-2-3-4-5-6-7-8-9-10-11-12-13-14-19-24-28(34)33-30(27-22-17-15-18-23-27)31(37)32-26-21-16-20-25-29(35)36/h15,17-18,22-23,30H,2-14,16,19-21,24-26H2,1H3,(H,32,37)(H,33,34)(H,35,36)/t30-/m1/s1. The van der Waals surface area contributed by atoms with Gasteiger partial charge in [0.05, 0.1) is 0 Å². The number of carbonyl (C=O) groups excluding carboxylic acids is 2. The van der Waals surface area contributed by atoms with Crippen LogP contribution < -0.4 is 10.6 Å². The second-order valence-corrected chi connectivity index (χ2v) is 10.3. The highest BCUT2D eigenvalue weighted by Crippen LogP contribution is 2.15. The average Bonchev–Trinajstić information content (AvgIpc) is 2.89. The van der Waals surface area contributed by atoms with E-state index in [1.807, 2.05) is 30.3 Å². The van der Waals surface area contributed by atoms with Gasteiger partial charge in [0.2, 0.25) is 11.8 Å². The molecular weight excluding hydrogens is 464 g/mol. The highest BCUT2D eigenvalue weighted by molar-refractivity contribution is 5.88. The number of nitrogens with one attached hydrogen (secondary N) is 2. The zero-order valence-electron chi connectivity index (χ0n) is 23.3. The number of hydrogen-bond acceptors (Lipinski definition) is 3. The van der Waals surface area contributed by atoms with Gasteiger partial charge in [0.15, 0.2) is 0 Å². The molecule has 37 heavy (non-hydrogen) atoms. The molecule has 0 heterocycles. The van der Waals surface area contributed by atoms with Crippen molar-refractivity contribution < 1.29 is 19.5 Å². The van der Waals surface area contributed by atoms with Gasteiger partial charge in [-0.15, -0.1) is 0 Å². The summed E-state index contributed by atoms with van der Waals surface area (Å²) in [4.78, 5) is 36.0. The first-order valence-corrected chi connectivity index (χ1v) is 14.9. The first kappa shape index (κ1) is 32.7. The van der Waals surface area contributed by atoms with Gasteiger partial charge >= 0.3 is 5.97 Å². The number of hydrogen-bond donors (Lipinski definition) is 3. The van der Waals surface area contributed by atoms with Crippen LogP contribution in [-0.4, -0.2) is 29.4 Å². The fourth-order valence-electron chi connectivity index (χ4n) is 4.55. The molecule has 1 atom stereocenters. The second kappa shape index (κ2) is 22.8. The topological polar surface area (TPSA) is 95.5 Å². The number of amides is 2. The van der Waals surface area contributed by atoms with Crippen LogP contribution in [0.1, 0.15) is 141 Å². The third-order valence-corrected chi connectivity index (χ3v) is 6.82. The predicted molar refractivity (Wildman–Crippen MR) is 151 cm³/mol. The van der Waals surface area contributed by atoms with Crippen LogP contribution in [0.3, 0.4) is 0 Å². The summed E-state index contributed by atoms with van der Waals surface area (Å²) in [6.45, 7) is 2.73. The van der Waals surface area contributed by atoms with Gasteiger partial charge < -0.3 is 15.7 Å². The Morgan fingerprint density at radius 1 is 0.676 bits per heavy atom. The summed E-state index contributed by atoms with van der Waals surface area (Å²) in [5.74, 6) is -1.11. The Morgan fingerprint density at radius 3 is 1.70 bits per heavy atom. The molecule has 1 aromatic carbocycles. The molecule has 210 valence electrons. The third-order valence-electron chi connectivity index (χ3n) is 6.82. The number of unbranched alkanes of at least 4 members (excludes halogenated alkanes) is 15. The van der Waals surface area contributed by atoms with E-state index in [0.29, 0.717) is 25.8 Å². The van der Waals surface area contributed by atoms with Crippen molar-refractivity contribution in [1.82, 2.24) is 10.6 Å². The van der Waals surface area contributed by atoms with Crippen molar-refractivity contribution in [3.8, 4) is 0 Å². The van der Waals surface area contributed by atoms with Gasteiger partial charge in [0.1, 0.15) is 6.04 Å². The zero-order chi connectivity index (χ0) is 27.0. The van der Waals surface area contributed by atoms with E-state index in [9.17, 15) is 14.4 Å². The Morgan fingerprint density at radius 2 is 1.16 bits per heavy atom. The molecule has 0 bridgehead atoms. The summed E-state index contributed by atoms with van der Waals surface area (Å²) >= 11 is 0. The second-order valence-electron chi connectivity index (χ2n) is 10.3. The van der Waals surface area contributed by atoms with Gasteiger partial charge in [-0.25, -0.2) is 0 Å². The molecule has 1 rings (SSSR count). The number of rotatable bonds is 24. The average molecular weight is 517 g/mol. The molecule has 0 saturated heterocycles. The summed E-state index contributed by atoms with van der Waals surface area (Å²) in [5.41, 5.74) is 0.764. The van der Waals surface area contributed by atoms with Crippen LogP contribution in [0.4, 0.5) is 0 Å². The van der Waals surface area contributed by atoms with E-state index in [2.05, 4.69) is 17.6 Å². The Balaban J connectivity index is 2.18. The van der Waals surface area contributed by atoms with E-state index < -0.39 is 12.0 Å². The van der Waals surface area contributed by atoms with Gasteiger partial charge in [0.25, 0.3) is 0 Å². The van der Waals surface area contributed by atoms with E-state index in [4.69, 9.17) is 5.11 Å². The van der Waals surface area contributed by atoms with Crippen LogP contribution in [0.2, 0.25) is 0 Å². The maximum atomic E-state index is 12.8. The molecule has 0 fully saturated rings. The summed E-state index contributed by atoms with van der Waals surface area (Å²) in [6, 6.07) is 8.60. The number of benzene rings is 1. The predicted octanol–water partition coefficient (Wildman–Crippen LogP) is 7.48. The van der Waals surface area contributed by atoms with E-state index in [-0.39, 0.29) is 18.2 Å². The van der Waals surface area contributed by atoms with Crippen molar-refractivity contribution in [3.05, 3.63) is 35.9 Å². The summed E-state index contributed by atoms with van der Waals surface area (Å²) in [7, 11) is 0. The summed E-state index contributed by atoms with van der Waals surface area (Å²) in [5, 5.41) is 14.5. The lowest BCUT2D eigenvalue weighted by Gasteiger charge is -2.19. The smallest absolute Gasteiger partial charge is 0.303 e. The fraction of sp³-hybridized carbons (Fsp3) is 0.710. The molecule has 0 radical (unpaired) electrons. The lowest BCUT2D eigenvalue weighted by molar-refractivity contribution is -0.137. The van der Waals surface area contributed by atoms with E-state index in [0.717, 1.165) is 31.2 Å². The number of aliphatic carboxylic acids is 1. The molecule has 6 heteroatoms. The first-order chi connectivity index (χ1) is 18.0. The zero-order valence-corrected chi connectivity index (χ0v) is 23.3. The molecule has 0 aromatic heterocycles. The molecule has 0 aliphatic rings. The van der Waals surface area contributed by atoms with E-state index >= 15 is 0 Å². The maximum absolute atomic E-state index is 12.8.